The fourth-order valence-electron chi connectivity index (χ4n) is 7.22. The van der Waals surface area contributed by atoms with E-state index in [1.807, 2.05) is 22.7 Å². The van der Waals surface area contributed by atoms with Crippen molar-refractivity contribution >= 4 is 112 Å². The highest BCUT2D eigenvalue weighted by Crippen LogP contribution is 2.47. The maximum atomic E-state index is 2.46. The summed E-state index contributed by atoms with van der Waals surface area (Å²) in [5.74, 6) is 0. The minimum atomic E-state index is 1.16. The molecule has 0 radical (unpaired) electrons. The first-order valence-electron chi connectivity index (χ1n) is 15.3. The number of benzene rings is 8. The Balaban J connectivity index is 1.30. The quantitative estimate of drug-likeness (QED) is 0.181. The standard InChI is InChI=1S/C42H25NS2/c1-2-12-29-26(10-1)11-9-18-37(29)43(27-20-22-39-35(24-27)32-15-7-8-19-38(32)44-39)28-21-23-40-36(25-28)41-33-16-5-3-13-30(33)31-14-4-6-17-34(31)42(41)45-40/h1-25H. The van der Waals surface area contributed by atoms with Gasteiger partial charge in [-0.15, -0.1) is 22.7 Å². The molecular formula is C42H25NS2. The Bertz CT molecular complexity index is 2780. The Morgan fingerprint density at radius 2 is 0.911 bits per heavy atom. The molecule has 0 bridgehead atoms. The summed E-state index contributed by atoms with van der Waals surface area (Å²) in [6.45, 7) is 0. The predicted octanol–water partition coefficient (Wildman–Crippen LogP) is 13.4. The highest BCUT2D eigenvalue weighted by molar-refractivity contribution is 7.27. The van der Waals surface area contributed by atoms with Crippen LogP contribution in [0.15, 0.2) is 152 Å². The van der Waals surface area contributed by atoms with E-state index < -0.39 is 0 Å². The third-order valence-corrected chi connectivity index (χ3v) is 11.6. The van der Waals surface area contributed by atoms with E-state index in [0.29, 0.717) is 0 Å². The molecule has 210 valence electrons. The molecule has 0 aliphatic carbocycles. The molecule has 2 aromatic heterocycles. The predicted molar refractivity (Wildman–Crippen MR) is 199 cm³/mol. The lowest BCUT2D eigenvalue weighted by Crippen LogP contribution is -2.10. The van der Waals surface area contributed by atoms with E-state index in [-0.39, 0.29) is 0 Å². The Morgan fingerprint density at radius 1 is 0.356 bits per heavy atom. The van der Waals surface area contributed by atoms with Gasteiger partial charge in [0, 0.05) is 62.5 Å². The molecule has 0 fully saturated rings. The third-order valence-electron chi connectivity index (χ3n) is 9.21. The summed E-state index contributed by atoms with van der Waals surface area (Å²) in [5, 5.41) is 13.0. The monoisotopic (exact) mass is 607 g/mol. The van der Waals surface area contributed by atoms with Crippen molar-refractivity contribution in [1.82, 2.24) is 0 Å². The van der Waals surface area contributed by atoms with E-state index in [9.17, 15) is 0 Å². The zero-order valence-electron chi connectivity index (χ0n) is 24.2. The highest BCUT2D eigenvalue weighted by Gasteiger charge is 2.20. The second-order valence-corrected chi connectivity index (χ2v) is 13.8. The number of rotatable bonds is 3. The first-order valence-corrected chi connectivity index (χ1v) is 16.9. The minimum Gasteiger partial charge on any atom is -0.310 e. The van der Waals surface area contributed by atoms with Gasteiger partial charge in [0.25, 0.3) is 0 Å². The molecule has 10 rings (SSSR count). The number of thiophene rings is 2. The third kappa shape index (κ3) is 3.72. The zero-order chi connectivity index (χ0) is 29.5. The molecule has 0 saturated heterocycles. The molecule has 0 amide bonds. The number of fused-ring (bicyclic) bond motifs is 12. The van der Waals surface area contributed by atoms with E-state index in [1.165, 1.54) is 78.3 Å². The van der Waals surface area contributed by atoms with Crippen LogP contribution in [-0.4, -0.2) is 0 Å². The SMILES string of the molecule is c1ccc2c(N(c3ccc4sc5ccccc5c4c3)c3ccc4sc5c6ccccc6c6ccccc6c5c4c3)cccc2c1. The lowest BCUT2D eigenvalue weighted by atomic mass is 9.97. The van der Waals surface area contributed by atoms with Crippen LogP contribution >= 0.6 is 22.7 Å². The lowest BCUT2D eigenvalue weighted by molar-refractivity contribution is 1.31. The van der Waals surface area contributed by atoms with Crippen molar-refractivity contribution in [2.75, 3.05) is 4.90 Å². The fourth-order valence-corrected chi connectivity index (χ4v) is 9.54. The summed E-state index contributed by atoms with van der Waals surface area (Å²) in [7, 11) is 0. The molecule has 10 aromatic rings. The number of hydrogen-bond donors (Lipinski definition) is 0. The van der Waals surface area contributed by atoms with Gasteiger partial charge in [0.1, 0.15) is 0 Å². The smallest absolute Gasteiger partial charge is 0.0540 e. The summed E-state index contributed by atoms with van der Waals surface area (Å²) in [6, 6.07) is 55.9. The van der Waals surface area contributed by atoms with Gasteiger partial charge in [0.15, 0.2) is 0 Å². The molecule has 3 heteroatoms. The molecule has 0 saturated carbocycles. The molecule has 1 nitrogen and oxygen atoms in total. The maximum absolute atomic E-state index is 2.46. The van der Waals surface area contributed by atoms with E-state index >= 15 is 0 Å². The summed E-state index contributed by atoms with van der Waals surface area (Å²) in [6.07, 6.45) is 0. The Morgan fingerprint density at radius 3 is 1.71 bits per heavy atom. The largest absolute Gasteiger partial charge is 0.310 e. The molecule has 0 aliphatic heterocycles. The topological polar surface area (TPSA) is 3.24 Å². The zero-order valence-corrected chi connectivity index (χ0v) is 25.8. The van der Waals surface area contributed by atoms with Crippen molar-refractivity contribution in [1.29, 1.82) is 0 Å². The van der Waals surface area contributed by atoms with Gasteiger partial charge < -0.3 is 4.90 Å². The van der Waals surface area contributed by atoms with Crippen molar-refractivity contribution in [3.05, 3.63) is 152 Å². The van der Waals surface area contributed by atoms with Crippen LogP contribution in [0.1, 0.15) is 0 Å². The lowest BCUT2D eigenvalue weighted by Gasteiger charge is -2.27. The molecule has 0 spiro atoms. The van der Waals surface area contributed by atoms with Crippen molar-refractivity contribution in [2.45, 2.75) is 0 Å². The van der Waals surface area contributed by atoms with Gasteiger partial charge in [-0.05, 0) is 70.1 Å². The van der Waals surface area contributed by atoms with Crippen LogP contribution in [-0.2, 0) is 0 Å². The van der Waals surface area contributed by atoms with E-state index in [2.05, 4.69) is 157 Å². The molecule has 0 unspecified atom stereocenters. The van der Waals surface area contributed by atoms with Crippen LogP contribution in [0.3, 0.4) is 0 Å². The summed E-state index contributed by atoms with van der Waals surface area (Å²) in [5.41, 5.74) is 3.51. The Kier molecular flexibility index (Phi) is 5.39. The summed E-state index contributed by atoms with van der Waals surface area (Å²) in [4.78, 5) is 2.46. The van der Waals surface area contributed by atoms with Crippen molar-refractivity contribution in [3.63, 3.8) is 0 Å². The van der Waals surface area contributed by atoms with Gasteiger partial charge in [-0.2, -0.15) is 0 Å². The van der Waals surface area contributed by atoms with E-state index in [1.54, 1.807) is 0 Å². The summed E-state index contributed by atoms with van der Waals surface area (Å²) < 4.78 is 5.31. The molecule has 0 N–H and O–H groups in total. The van der Waals surface area contributed by atoms with Crippen LogP contribution in [0, 0.1) is 0 Å². The van der Waals surface area contributed by atoms with Crippen LogP contribution in [0.2, 0.25) is 0 Å². The van der Waals surface area contributed by atoms with Gasteiger partial charge in [-0.1, -0.05) is 103 Å². The number of anilines is 3. The molecular weight excluding hydrogens is 583 g/mol. The average molecular weight is 608 g/mol. The first-order chi connectivity index (χ1) is 22.3. The minimum absolute atomic E-state index is 1.16. The van der Waals surface area contributed by atoms with E-state index in [0.717, 1.165) is 11.4 Å². The van der Waals surface area contributed by atoms with E-state index in [4.69, 9.17) is 0 Å². The average Bonchev–Trinajstić information content (AvgIpc) is 3.67. The molecule has 0 atom stereocenters. The van der Waals surface area contributed by atoms with Crippen molar-refractivity contribution < 1.29 is 0 Å². The van der Waals surface area contributed by atoms with Gasteiger partial charge >= 0.3 is 0 Å². The molecule has 0 aliphatic rings. The maximum Gasteiger partial charge on any atom is 0.0540 e. The van der Waals surface area contributed by atoms with Gasteiger partial charge in [-0.3, -0.25) is 0 Å². The van der Waals surface area contributed by atoms with Crippen LogP contribution < -0.4 is 4.90 Å². The van der Waals surface area contributed by atoms with Gasteiger partial charge in [-0.25, -0.2) is 0 Å². The summed E-state index contributed by atoms with van der Waals surface area (Å²) >= 11 is 3.77. The van der Waals surface area contributed by atoms with Crippen molar-refractivity contribution in [2.24, 2.45) is 0 Å². The van der Waals surface area contributed by atoms with Crippen molar-refractivity contribution in [3.8, 4) is 0 Å². The van der Waals surface area contributed by atoms with Crippen LogP contribution in [0.4, 0.5) is 17.1 Å². The molecule has 2 heterocycles. The normalized spacial score (nSPS) is 12.0. The van der Waals surface area contributed by atoms with Crippen LogP contribution in [0.5, 0.6) is 0 Å². The first kappa shape index (κ1) is 25.1. The van der Waals surface area contributed by atoms with Gasteiger partial charge in [0.05, 0.1) is 5.69 Å². The number of hydrogen-bond acceptors (Lipinski definition) is 3. The second kappa shape index (κ2) is 9.64. The molecule has 8 aromatic carbocycles. The second-order valence-electron chi connectivity index (χ2n) is 11.7. The Labute approximate surface area is 267 Å². The highest BCUT2D eigenvalue weighted by atomic mass is 32.1. The Hall–Kier alpha value is -5.22. The van der Waals surface area contributed by atoms with Crippen LogP contribution in [0.25, 0.3) is 72.7 Å². The molecule has 45 heavy (non-hydrogen) atoms. The number of nitrogens with zero attached hydrogens (tertiary/aromatic N) is 1. The fraction of sp³-hybridized carbons (Fsp3) is 0. The van der Waals surface area contributed by atoms with Gasteiger partial charge in [0.2, 0.25) is 0 Å².